The average molecular weight is 345 g/mol. The summed E-state index contributed by atoms with van der Waals surface area (Å²) >= 11 is 3.67. The summed E-state index contributed by atoms with van der Waals surface area (Å²) < 4.78 is 1.94. The molecule has 0 aliphatic heterocycles. The first-order valence-electron chi connectivity index (χ1n) is 7.73. The van der Waals surface area contributed by atoms with Crippen LogP contribution in [0.15, 0.2) is 48.3 Å². The molecule has 2 aromatic rings. The second-order valence-corrected chi connectivity index (χ2v) is 6.30. The van der Waals surface area contributed by atoms with Gasteiger partial charge in [0.25, 0.3) is 0 Å². The minimum atomic E-state index is 0.748. The summed E-state index contributed by atoms with van der Waals surface area (Å²) in [5.74, 6) is 0.748. The molecular weight excluding hydrogens is 324 g/mol. The van der Waals surface area contributed by atoms with Crippen LogP contribution < -0.4 is 0 Å². The van der Waals surface area contributed by atoms with Gasteiger partial charge in [0.05, 0.1) is 11.9 Å². The van der Waals surface area contributed by atoms with E-state index in [4.69, 9.17) is 0 Å². The van der Waals surface area contributed by atoms with Crippen LogP contribution >= 0.6 is 15.9 Å². The van der Waals surface area contributed by atoms with Crippen molar-refractivity contribution in [2.24, 2.45) is 5.92 Å². The summed E-state index contributed by atoms with van der Waals surface area (Å²) in [6.45, 7) is 0. The second kappa shape index (κ2) is 7.08. The normalized spacial score (nSPS) is 17.1. The van der Waals surface area contributed by atoms with Crippen molar-refractivity contribution in [2.45, 2.75) is 32.1 Å². The van der Waals surface area contributed by atoms with Crippen LogP contribution in [-0.4, -0.2) is 15.1 Å². The maximum absolute atomic E-state index is 4.48. The molecule has 110 valence electrons. The van der Waals surface area contributed by atoms with Crippen molar-refractivity contribution in [3.8, 4) is 5.69 Å². The highest BCUT2D eigenvalue weighted by Gasteiger charge is 2.17. The third-order valence-corrected chi connectivity index (χ3v) is 4.91. The molecule has 0 radical (unpaired) electrons. The molecule has 0 saturated heterocycles. The molecule has 0 bridgehead atoms. The van der Waals surface area contributed by atoms with Crippen LogP contribution in [0, 0.1) is 5.92 Å². The smallest absolute Gasteiger partial charge is 0.0645 e. The Morgan fingerprint density at radius 1 is 1.19 bits per heavy atom. The van der Waals surface area contributed by atoms with Crippen molar-refractivity contribution in [1.82, 2.24) is 9.78 Å². The summed E-state index contributed by atoms with van der Waals surface area (Å²) in [5.41, 5.74) is 3.82. The monoisotopic (exact) mass is 344 g/mol. The molecule has 1 aliphatic rings. The molecule has 2 nitrogen and oxygen atoms in total. The molecule has 3 heteroatoms. The Labute approximate surface area is 135 Å². The molecule has 0 amide bonds. The lowest BCUT2D eigenvalue weighted by Gasteiger charge is -2.23. The fraction of sp³-hybridized carbons (Fsp3) is 0.389. The zero-order chi connectivity index (χ0) is 14.5. The Bertz CT molecular complexity index is 595. The SMILES string of the molecule is BrC/C(=C/c1cnn(-c2ccccc2)c1)C1CCCCC1. The molecule has 1 aromatic carbocycles. The number of allylic oxidation sites excluding steroid dienone is 1. The first-order chi connectivity index (χ1) is 10.4. The van der Waals surface area contributed by atoms with Crippen molar-refractivity contribution < 1.29 is 0 Å². The van der Waals surface area contributed by atoms with Crippen LogP contribution in [0.5, 0.6) is 0 Å². The van der Waals surface area contributed by atoms with Gasteiger partial charge < -0.3 is 0 Å². The van der Waals surface area contributed by atoms with Gasteiger partial charge in [-0.2, -0.15) is 5.10 Å². The van der Waals surface area contributed by atoms with E-state index in [1.807, 2.05) is 29.1 Å². The van der Waals surface area contributed by atoms with E-state index in [0.717, 1.165) is 16.9 Å². The number of benzene rings is 1. The molecule has 0 atom stereocenters. The first-order valence-corrected chi connectivity index (χ1v) is 8.85. The van der Waals surface area contributed by atoms with E-state index < -0.39 is 0 Å². The van der Waals surface area contributed by atoms with Crippen molar-refractivity contribution in [2.75, 3.05) is 5.33 Å². The second-order valence-electron chi connectivity index (χ2n) is 5.74. The molecule has 3 rings (SSSR count). The van der Waals surface area contributed by atoms with Gasteiger partial charge in [-0.05, 0) is 30.9 Å². The Morgan fingerprint density at radius 3 is 2.67 bits per heavy atom. The van der Waals surface area contributed by atoms with Gasteiger partial charge in [0.15, 0.2) is 0 Å². The molecule has 1 aromatic heterocycles. The third kappa shape index (κ3) is 3.65. The van der Waals surface area contributed by atoms with Gasteiger partial charge in [0.1, 0.15) is 0 Å². The first kappa shape index (κ1) is 14.6. The number of hydrogen-bond donors (Lipinski definition) is 0. The van der Waals surface area contributed by atoms with Gasteiger partial charge >= 0.3 is 0 Å². The molecular formula is C18H21BrN2. The Balaban J connectivity index is 1.80. The molecule has 1 fully saturated rings. The van der Waals surface area contributed by atoms with Crippen LogP contribution in [0.2, 0.25) is 0 Å². The van der Waals surface area contributed by atoms with Crippen LogP contribution in [-0.2, 0) is 0 Å². The number of nitrogens with zero attached hydrogens (tertiary/aromatic N) is 2. The van der Waals surface area contributed by atoms with E-state index in [9.17, 15) is 0 Å². The highest BCUT2D eigenvalue weighted by Crippen LogP contribution is 2.31. The van der Waals surface area contributed by atoms with E-state index >= 15 is 0 Å². The van der Waals surface area contributed by atoms with Crippen LogP contribution in [0.3, 0.4) is 0 Å². The van der Waals surface area contributed by atoms with Crippen LogP contribution in [0.25, 0.3) is 11.8 Å². The summed E-state index contributed by atoms with van der Waals surface area (Å²) in [5, 5.41) is 5.44. The van der Waals surface area contributed by atoms with Gasteiger partial charge in [-0.25, -0.2) is 4.68 Å². The molecule has 21 heavy (non-hydrogen) atoms. The van der Waals surface area contributed by atoms with Gasteiger partial charge in [0, 0.05) is 17.1 Å². The third-order valence-electron chi connectivity index (χ3n) is 4.26. The summed E-state index contributed by atoms with van der Waals surface area (Å²) in [7, 11) is 0. The zero-order valence-electron chi connectivity index (χ0n) is 12.2. The quantitative estimate of drug-likeness (QED) is 0.694. The van der Waals surface area contributed by atoms with Gasteiger partial charge in [-0.3, -0.25) is 0 Å². The van der Waals surface area contributed by atoms with Crippen molar-refractivity contribution in [3.05, 3.63) is 53.9 Å². The zero-order valence-corrected chi connectivity index (χ0v) is 13.8. The fourth-order valence-electron chi connectivity index (χ4n) is 3.09. The van der Waals surface area contributed by atoms with Gasteiger partial charge in [-0.1, -0.05) is 65.0 Å². The molecule has 1 saturated carbocycles. The minimum Gasteiger partial charge on any atom is -0.240 e. The lowest BCUT2D eigenvalue weighted by Crippen LogP contribution is -2.09. The maximum atomic E-state index is 4.48. The highest BCUT2D eigenvalue weighted by atomic mass is 79.9. The number of halogens is 1. The highest BCUT2D eigenvalue weighted by molar-refractivity contribution is 9.09. The summed E-state index contributed by atoms with van der Waals surface area (Å²) in [6, 6.07) is 10.3. The summed E-state index contributed by atoms with van der Waals surface area (Å²) in [4.78, 5) is 0. The van der Waals surface area contributed by atoms with Crippen molar-refractivity contribution in [1.29, 1.82) is 0 Å². The number of aromatic nitrogens is 2. The fourth-order valence-corrected chi connectivity index (χ4v) is 3.71. The molecule has 0 N–H and O–H groups in total. The van der Waals surface area contributed by atoms with E-state index in [1.165, 1.54) is 43.2 Å². The van der Waals surface area contributed by atoms with Crippen LogP contribution in [0.4, 0.5) is 0 Å². The van der Waals surface area contributed by atoms with Gasteiger partial charge in [-0.15, -0.1) is 0 Å². The minimum absolute atomic E-state index is 0.748. The van der Waals surface area contributed by atoms with E-state index in [0.29, 0.717) is 0 Å². The van der Waals surface area contributed by atoms with Crippen molar-refractivity contribution in [3.63, 3.8) is 0 Å². The predicted octanol–water partition coefficient (Wildman–Crippen LogP) is 5.23. The lowest BCUT2D eigenvalue weighted by molar-refractivity contribution is 0.405. The Hall–Kier alpha value is -1.35. The number of rotatable bonds is 4. The topological polar surface area (TPSA) is 17.8 Å². The molecule has 1 heterocycles. The van der Waals surface area contributed by atoms with E-state index in [1.54, 1.807) is 0 Å². The van der Waals surface area contributed by atoms with Crippen LogP contribution in [0.1, 0.15) is 37.7 Å². The lowest BCUT2D eigenvalue weighted by atomic mass is 9.84. The van der Waals surface area contributed by atoms with Gasteiger partial charge in [0.2, 0.25) is 0 Å². The number of alkyl halides is 1. The molecule has 0 spiro atoms. The average Bonchev–Trinajstić information content (AvgIpc) is 3.03. The number of para-hydroxylation sites is 1. The molecule has 0 unspecified atom stereocenters. The standard InChI is InChI=1S/C18H21BrN2/c19-12-17(16-7-3-1-4-8-16)11-15-13-20-21(14-15)18-9-5-2-6-10-18/h2,5-6,9-11,13-14,16H,1,3-4,7-8,12H2/b17-11-. The van der Waals surface area contributed by atoms with Crippen molar-refractivity contribution >= 4 is 22.0 Å². The maximum Gasteiger partial charge on any atom is 0.0645 e. The number of hydrogen-bond acceptors (Lipinski definition) is 1. The Kier molecular flexibility index (Phi) is 4.91. The van der Waals surface area contributed by atoms with E-state index in [2.05, 4.69) is 45.4 Å². The summed E-state index contributed by atoms with van der Waals surface area (Å²) in [6.07, 6.45) is 13.2. The Morgan fingerprint density at radius 2 is 1.95 bits per heavy atom. The van der Waals surface area contributed by atoms with E-state index in [-0.39, 0.29) is 0 Å². The largest absolute Gasteiger partial charge is 0.240 e. The molecule has 1 aliphatic carbocycles. The predicted molar refractivity (Wildman–Crippen MR) is 91.9 cm³/mol.